The van der Waals surface area contributed by atoms with E-state index >= 15 is 0 Å². The van der Waals surface area contributed by atoms with Gasteiger partial charge in [0, 0.05) is 13.1 Å². The summed E-state index contributed by atoms with van der Waals surface area (Å²) in [5, 5.41) is 0. The van der Waals surface area contributed by atoms with Crippen molar-refractivity contribution in [3.63, 3.8) is 0 Å². The molecule has 0 atom stereocenters. The zero-order valence-corrected chi connectivity index (χ0v) is 12.3. The molecule has 0 aromatic carbocycles. The van der Waals surface area contributed by atoms with Crippen LogP contribution in [0.4, 0.5) is 0 Å². The number of unbranched alkanes of at least 4 members (excludes halogenated alkanes) is 6. The molecule has 1 heterocycles. The molecule has 0 aromatic rings. The van der Waals surface area contributed by atoms with Crippen molar-refractivity contribution in [3.05, 3.63) is 0 Å². The van der Waals surface area contributed by atoms with Gasteiger partial charge in [-0.15, -0.1) is 0 Å². The van der Waals surface area contributed by atoms with Gasteiger partial charge in [0.2, 0.25) is 0 Å². The van der Waals surface area contributed by atoms with Crippen molar-refractivity contribution in [1.82, 2.24) is 4.90 Å². The first-order valence-corrected chi connectivity index (χ1v) is 7.80. The largest absolute Gasteiger partial charge is 0.463 e. The third kappa shape index (κ3) is 6.27. The topological polar surface area (TPSA) is 24.8 Å². The monoisotopic (exact) mass is 254 g/mol. The average Bonchev–Trinajstić information content (AvgIpc) is 2.91. The molecule has 3 heteroatoms. The Morgan fingerprint density at radius 1 is 0.944 bits per heavy atom. The maximum Gasteiger partial charge on any atom is 0.287 e. The summed E-state index contributed by atoms with van der Waals surface area (Å²) in [5.41, 5.74) is 0. The normalized spacial score (nSPS) is 14.4. The van der Waals surface area contributed by atoms with Crippen LogP contribution in [0, 0.1) is 0 Å². The number of ether oxygens (including phenoxy) is 1. The number of rotatable bonds is 10. The lowest BCUT2D eigenvalue weighted by Gasteiger charge is -2.23. The molecule has 0 spiro atoms. The highest BCUT2D eigenvalue weighted by molar-refractivity contribution is 5.75. The van der Waals surface area contributed by atoms with Crippen molar-refractivity contribution in [2.45, 2.75) is 65.2 Å². The van der Waals surface area contributed by atoms with Gasteiger partial charge in [0.15, 0.2) is 0 Å². The number of hydrogen-bond acceptors (Lipinski definition) is 3. The highest BCUT2D eigenvalue weighted by atomic mass is 16.5. The van der Waals surface area contributed by atoms with Gasteiger partial charge in [-0.3, -0.25) is 0 Å². The van der Waals surface area contributed by atoms with Gasteiger partial charge in [0.05, 0.1) is 6.54 Å². The first-order chi connectivity index (χ1) is 8.88. The molecule has 18 heavy (non-hydrogen) atoms. The van der Waals surface area contributed by atoms with E-state index in [1.807, 2.05) is 0 Å². The van der Waals surface area contributed by atoms with Crippen LogP contribution in [0.15, 0.2) is 4.99 Å². The van der Waals surface area contributed by atoms with E-state index in [1.165, 1.54) is 51.4 Å². The summed E-state index contributed by atoms with van der Waals surface area (Å²) < 4.78 is 5.61. The van der Waals surface area contributed by atoms with E-state index in [2.05, 4.69) is 23.7 Å². The second-order valence-electron chi connectivity index (χ2n) is 5.12. The smallest absolute Gasteiger partial charge is 0.287 e. The first-order valence-electron chi connectivity index (χ1n) is 7.80. The van der Waals surface area contributed by atoms with Gasteiger partial charge in [-0.1, -0.05) is 52.4 Å². The number of hydrogen-bond donors (Lipinski definition) is 0. The van der Waals surface area contributed by atoms with Crippen LogP contribution in [0.5, 0.6) is 0 Å². The van der Waals surface area contributed by atoms with Gasteiger partial charge in [-0.2, -0.15) is 0 Å². The van der Waals surface area contributed by atoms with E-state index in [0.717, 1.165) is 32.3 Å². The molecule has 106 valence electrons. The van der Waals surface area contributed by atoms with Crippen LogP contribution in [0.3, 0.4) is 0 Å². The van der Waals surface area contributed by atoms with Crippen molar-refractivity contribution in [1.29, 1.82) is 0 Å². The zero-order chi connectivity index (χ0) is 13.1. The molecule has 1 rings (SSSR count). The lowest BCUT2D eigenvalue weighted by Crippen LogP contribution is -2.33. The van der Waals surface area contributed by atoms with E-state index in [0.29, 0.717) is 0 Å². The summed E-state index contributed by atoms with van der Waals surface area (Å²) in [5.74, 6) is 0. The molecule has 0 aliphatic carbocycles. The molecule has 0 saturated carbocycles. The fourth-order valence-electron chi connectivity index (χ4n) is 2.28. The highest BCUT2D eigenvalue weighted by Crippen LogP contribution is 2.09. The maximum absolute atomic E-state index is 5.61. The molecule has 0 aromatic heterocycles. The van der Waals surface area contributed by atoms with E-state index in [-0.39, 0.29) is 0 Å². The Labute approximate surface area is 113 Å². The van der Waals surface area contributed by atoms with Gasteiger partial charge in [0.25, 0.3) is 6.02 Å². The van der Waals surface area contributed by atoms with Gasteiger partial charge < -0.3 is 9.64 Å². The van der Waals surface area contributed by atoms with E-state index in [4.69, 9.17) is 4.74 Å². The first kappa shape index (κ1) is 15.3. The quantitative estimate of drug-likeness (QED) is 0.553. The maximum atomic E-state index is 5.61. The number of amidine groups is 1. The molecule has 0 amide bonds. The molecular formula is C15H30N2O. The zero-order valence-electron chi connectivity index (χ0n) is 12.3. The highest BCUT2D eigenvalue weighted by Gasteiger charge is 2.15. The lowest BCUT2D eigenvalue weighted by molar-refractivity contribution is 0.256. The van der Waals surface area contributed by atoms with Crippen LogP contribution in [-0.2, 0) is 4.74 Å². The summed E-state index contributed by atoms with van der Waals surface area (Å²) in [6, 6.07) is 0.906. The molecule has 0 bridgehead atoms. The summed E-state index contributed by atoms with van der Waals surface area (Å²) in [6.45, 7) is 8.36. The second kappa shape index (κ2) is 10.2. The molecule has 3 nitrogen and oxygen atoms in total. The van der Waals surface area contributed by atoms with Crippen molar-refractivity contribution < 1.29 is 4.74 Å². The van der Waals surface area contributed by atoms with Crippen molar-refractivity contribution in [2.75, 3.05) is 26.2 Å². The summed E-state index contributed by atoms with van der Waals surface area (Å²) in [6.07, 6.45) is 10.5. The van der Waals surface area contributed by atoms with Crippen LogP contribution in [0.25, 0.3) is 0 Å². The van der Waals surface area contributed by atoms with E-state index < -0.39 is 0 Å². The van der Waals surface area contributed by atoms with Crippen LogP contribution in [0.2, 0.25) is 0 Å². The second-order valence-corrected chi connectivity index (χ2v) is 5.12. The van der Waals surface area contributed by atoms with Crippen LogP contribution < -0.4 is 0 Å². The minimum atomic E-state index is 0.774. The molecule has 1 aliphatic heterocycles. The van der Waals surface area contributed by atoms with Gasteiger partial charge in [-0.25, -0.2) is 4.99 Å². The van der Waals surface area contributed by atoms with Crippen LogP contribution >= 0.6 is 0 Å². The predicted octanol–water partition coefficient (Wildman–Crippen LogP) is 3.84. The van der Waals surface area contributed by atoms with Gasteiger partial charge >= 0.3 is 0 Å². The van der Waals surface area contributed by atoms with Gasteiger partial charge in [-0.05, 0) is 12.8 Å². The van der Waals surface area contributed by atoms with Crippen molar-refractivity contribution in [2.24, 2.45) is 4.99 Å². The lowest BCUT2D eigenvalue weighted by atomic mass is 10.2. The standard InChI is InChI=1S/C15H30N2O/c1-3-5-7-9-12-17(13-10-8-6-4-2)15-16-11-14-18-15/h3-14H2,1-2H3. The summed E-state index contributed by atoms with van der Waals surface area (Å²) in [4.78, 5) is 6.81. The Bertz CT molecular complexity index is 217. The third-order valence-corrected chi connectivity index (χ3v) is 3.40. The van der Waals surface area contributed by atoms with E-state index in [9.17, 15) is 0 Å². The van der Waals surface area contributed by atoms with Crippen LogP contribution in [0.1, 0.15) is 65.2 Å². The molecular weight excluding hydrogens is 224 g/mol. The number of nitrogens with zero attached hydrogens (tertiary/aromatic N) is 2. The minimum Gasteiger partial charge on any atom is -0.463 e. The molecule has 0 fully saturated rings. The van der Waals surface area contributed by atoms with Gasteiger partial charge in [0.1, 0.15) is 6.61 Å². The molecule has 0 unspecified atom stereocenters. The molecule has 1 aliphatic rings. The predicted molar refractivity (Wildman–Crippen MR) is 78.1 cm³/mol. The Morgan fingerprint density at radius 3 is 2.00 bits per heavy atom. The Balaban J connectivity index is 2.23. The molecule has 0 N–H and O–H groups in total. The SMILES string of the molecule is CCCCCCN(CCCCCC)C1=NCCO1. The molecule has 0 saturated heterocycles. The average molecular weight is 254 g/mol. The molecule has 0 radical (unpaired) electrons. The fourth-order valence-corrected chi connectivity index (χ4v) is 2.28. The fraction of sp³-hybridized carbons (Fsp3) is 0.933. The van der Waals surface area contributed by atoms with Crippen molar-refractivity contribution >= 4 is 6.02 Å². The van der Waals surface area contributed by atoms with Crippen LogP contribution in [-0.4, -0.2) is 37.2 Å². The van der Waals surface area contributed by atoms with E-state index in [1.54, 1.807) is 0 Å². The Morgan fingerprint density at radius 2 is 1.56 bits per heavy atom. The summed E-state index contributed by atoms with van der Waals surface area (Å²) >= 11 is 0. The number of aliphatic imine (C=N–C) groups is 1. The van der Waals surface area contributed by atoms with Crippen molar-refractivity contribution in [3.8, 4) is 0 Å². The Hall–Kier alpha value is -0.730. The minimum absolute atomic E-state index is 0.774. The summed E-state index contributed by atoms with van der Waals surface area (Å²) in [7, 11) is 0. The Kier molecular flexibility index (Phi) is 8.70. The third-order valence-electron chi connectivity index (χ3n) is 3.40.